The Balaban J connectivity index is 1.55. The fourth-order valence-electron chi connectivity index (χ4n) is 4.06. The number of methoxy groups -OCH3 is 2. The third-order valence-electron chi connectivity index (χ3n) is 5.70. The normalized spacial score (nSPS) is 21.2. The largest absolute Gasteiger partial charge is 0.495 e. The number of esters is 1. The zero-order valence-electron chi connectivity index (χ0n) is 17.7. The molecule has 2 heterocycles. The summed E-state index contributed by atoms with van der Waals surface area (Å²) in [6, 6.07) is 16.7. The average Bonchev–Trinajstić information content (AvgIpc) is 2.83. The lowest BCUT2D eigenvalue weighted by Gasteiger charge is -2.40. The quantitative estimate of drug-likeness (QED) is 0.598. The Morgan fingerprint density at radius 3 is 2.29 bits per heavy atom. The van der Waals surface area contributed by atoms with Gasteiger partial charge in [-0.05, 0) is 17.7 Å². The van der Waals surface area contributed by atoms with Gasteiger partial charge in [0, 0.05) is 26.2 Å². The molecule has 2 aliphatic rings. The van der Waals surface area contributed by atoms with Crippen LogP contribution in [0.15, 0.2) is 59.6 Å². The summed E-state index contributed by atoms with van der Waals surface area (Å²) in [5.74, 6) is -0.651. The van der Waals surface area contributed by atoms with Gasteiger partial charge in [0.2, 0.25) is 11.9 Å². The lowest BCUT2D eigenvalue weighted by Crippen LogP contribution is -2.57. The predicted octanol–water partition coefficient (Wildman–Crippen LogP) is 1.83. The number of rotatable bonds is 4. The van der Waals surface area contributed by atoms with Gasteiger partial charge in [0.1, 0.15) is 11.8 Å². The summed E-state index contributed by atoms with van der Waals surface area (Å²) >= 11 is 0. The molecule has 2 aliphatic heterocycles. The molecule has 8 heteroatoms. The molecule has 1 amide bonds. The number of nitrogens with zero attached hydrogens (tertiary/aromatic N) is 3. The topological polar surface area (TPSA) is 83.5 Å². The molecule has 0 aliphatic carbocycles. The van der Waals surface area contributed by atoms with E-state index in [4.69, 9.17) is 14.5 Å². The number of piperazine rings is 1. The van der Waals surface area contributed by atoms with E-state index in [-0.39, 0.29) is 0 Å². The fraction of sp³-hybridized carbons (Fsp3) is 0.348. The molecule has 1 saturated heterocycles. The zero-order chi connectivity index (χ0) is 21.8. The maximum atomic E-state index is 12.9. The number of aliphatic imine (C=N–C) groups is 1. The minimum absolute atomic E-state index is 0.391. The molecule has 162 valence electrons. The molecule has 2 aromatic carbocycles. The van der Waals surface area contributed by atoms with E-state index in [2.05, 4.69) is 10.2 Å². The highest BCUT2D eigenvalue weighted by atomic mass is 16.5. The van der Waals surface area contributed by atoms with Crippen LogP contribution < -0.4 is 15.0 Å². The molecule has 1 N–H and O–H groups in total. The molecule has 4 rings (SSSR count). The Kier molecular flexibility index (Phi) is 6.06. The number of hydrogen-bond donors (Lipinski definition) is 1. The Hall–Kier alpha value is -3.55. The van der Waals surface area contributed by atoms with Gasteiger partial charge in [-0.2, -0.15) is 0 Å². The van der Waals surface area contributed by atoms with Gasteiger partial charge in [-0.15, -0.1) is 0 Å². The highest BCUT2D eigenvalue weighted by Crippen LogP contribution is 2.32. The fourth-order valence-corrected chi connectivity index (χ4v) is 4.06. The third-order valence-corrected chi connectivity index (χ3v) is 5.70. The van der Waals surface area contributed by atoms with Crippen LogP contribution in [-0.4, -0.2) is 63.1 Å². The van der Waals surface area contributed by atoms with Gasteiger partial charge >= 0.3 is 5.97 Å². The van der Waals surface area contributed by atoms with Crippen molar-refractivity contribution in [2.75, 3.05) is 45.3 Å². The summed E-state index contributed by atoms with van der Waals surface area (Å²) in [5, 5.41) is 2.82. The number of nitrogens with one attached hydrogen (secondary N) is 1. The van der Waals surface area contributed by atoms with Gasteiger partial charge in [-0.25, -0.2) is 4.99 Å². The van der Waals surface area contributed by atoms with Gasteiger partial charge in [0.15, 0.2) is 5.92 Å². The molecule has 31 heavy (non-hydrogen) atoms. The SMILES string of the molecule is COC(=O)[C@H]1C(=O)NC(N2CCN(c3ccccc3OC)CC2)=N[C@H]1c1ccccc1. The number of para-hydroxylation sites is 2. The van der Waals surface area contributed by atoms with Gasteiger partial charge in [0.25, 0.3) is 0 Å². The number of hydrogen-bond acceptors (Lipinski definition) is 7. The number of carbonyl (C=O) groups is 2. The first-order valence-corrected chi connectivity index (χ1v) is 10.3. The van der Waals surface area contributed by atoms with E-state index >= 15 is 0 Å². The predicted molar refractivity (Wildman–Crippen MR) is 117 cm³/mol. The Labute approximate surface area is 181 Å². The maximum absolute atomic E-state index is 12.9. The van der Waals surface area contributed by atoms with Gasteiger partial charge < -0.3 is 19.3 Å². The van der Waals surface area contributed by atoms with Gasteiger partial charge in [0.05, 0.1) is 19.9 Å². The molecule has 2 atom stereocenters. The van der Waals surface area contributed by atoms with Crippen LogP contribution in [0, 0.1) is 5.92 Å². The van der Waals surface area contributed by atoms with E-state index in [0.717, 1.165) is 30.1 Å². The summed E-state index contributed by atoms with van der Waals surface area (Å²) in [6.45, 7) is 2.88. The number of benzene rings is 2. The van der Waals surface area contributed by atoms with Gasteiger partial charge in [-0.1, -0.05) is 42.5 Å². The highest BCUT2D eigenvalue weighted by Gasteiger charge is 2.42. The van der Waals surface area contributed by atoms with Crippen LogP contribution in [0.25, 0.3) is 0 Å². The molecule has 0 bridgehead atoms. The molecule has 0 radical (unpaired) electrons. The van der Waals surface area contributed by atoms with Crippen LogP contribution in [0.3, 0.4) is 0 Å². The standard InChI is InChI=1S/C23H26N4O4/c1-30-18-11-7-6-10-17(18)26-12-14-27(15-13-26)23-24-20(16-8-4-3-5-9-16)19(21(28)25-23)22(29)31-2/h3-11,19-20H,12-15H2,1-2H3,(H,24,25,28)/t19-,20+/m1/s1. The second-order valence-electron chi connectivity index (χ2n) is 7.44. The Morgan fingerprint density at radius 1 is 0.968 bits per heavy atom. The van der Waals surface area contributed by atoms with Crippen LogP contribution in [0.5, 0.6) is 5.75 Å². The average molecular weight is 422 g/mol. The van der Waals surface area contributed by atoms with E-state index in [1.165, 1.54) is 7.11 Å². The number of anilines is 1. The van der Waals surface area contributed by atoms with E-state index in [1.54, 1.807) is 7.11 Å². The summed E-state index contributed by atoms with van der Waals surface area (Å²) in [6.07, 6.45) is 0. The Morgan fingerprint density at radius 2 is 1.61 bits per heavy atom. The van der Waals surface area contributed by atoms with Crippen molar-refractivity contribution in [2.45, 2.75) is 6.04 Å². The molecule has 0 aromatic heterocycles. The van der Waals surface area contributed by atoms with Crippen LogP contribution in [0.2, 0.25) is 0 Å². The summed E-state index contributed by atoms with van der Waals surface area (Å²) in [7, 11) is 2.96. The number of carbonyl (C=O) groups excluding carboxylic acids is 2. The summed E-state index contributed by atoms with van der Waals surface area (Å²) in [5.41, 5.74) is 1.85. The molecule has 0 unspecified atom stereocenters. The lowest BCUT2D eigenvalue weighted by molar-refractivity contribution is -0.151. The summed E-state index contributed by atoms with van der Waals surface area (Å²) in [4.78, 5) is 34.3. The lowest BCUT2D eigenvalue weighted by atomic mass is 9.91. The first-order chi connectivity index (χ1) is 15.1. The van der Waals surface area contributed by atoms with Crippen LogP contribution in [-0.2, 0) is 14.3 Å². The van der Waals surface area contributed by atoms with E-state index in [1.807, 2.05) is 59.5 Å². The molecular weight excluding hydrogens is 396 g/mol. The van der Waals surface area contributed by atoms with Crippen LogP contribution >= 0.6 is 0 Å². The van der Waals surface area contributed by atoms with Crippen molar-refractivity contribution in [3.8, 4) is 5.75 Å². The molecule has 8 nitrogen and oxygen atoms in total. The van der Waals surface area contributed by atoms with Crippen molar-refractivity contribution < 1.29 is 19.1 Å². The second-order valence-corrected chi connectivity index (χ2v) is 7.44. The minimum atomic E-state index is -1.01. The van der Waals surface area contributed by atoms with E-state index in [0.29, 0.717) is 19.0 Å². The van der Waals surface area contributed by atoms with Crippen molar-refractivity contribution in [1.29, 1.82) is 0 Å². The highest BCUT2D eigenvalue weighted by molar-refractivity contribution is 6.08. The smallest absolute Gasteiger partial charge is 0.320 e. The third kappa shape index (κ3) is 4.19. The molecular formula is C23H26N4O4. The van der Waals surface area contributed by atoms with Crippen LogP contribution in [0.4, 0.5) is 5.69 Å². The van der Waals surface area contributed by atoms with Crippen molar-refractivity contribution in [3.05, 3.63) is 60.2 Å². The number of ether oxygens (including phenoxy) is 2. The number of guanidine groups is 1. The van der Waals surface area contributed by atoms with Crippen molar-refractivity contribution in [1.82, 2.24) is 10.2 Å². The molecule has 1 fully saturated rings. The monoisotopic (exact) mass is 422 g/mol. The second kappa shape index (κ2) is 9.07. The Bertz CT molecular complexity index is 971. The maximum Gasteiger partial charge on any atom is 0.320 e. The number of amides is 1. The van der Waals surface area contributed by atoms with Gasteiger partial charge in [-0.3, -0.25) is 14.9 Å². The summed E-state index contributed by atoms with van der Waals surface area (Å²) < 4.78 is 10.4. The first-order valence-electron chi connectivity index (χ1n) is 10.3. The van der Waals surface area contributed by atoms with E-state index < -0.39 is 23.8 Å². The molecule has 0 spiro atoms. The minimum Gasteiger partial charge on any atom is -0.495 e. The van der Waals surface area contributed by atoms with Crippen molar-refractivity contribution >= 4 is 23.5 Å². The zero-order valence-corrected chi connectivity index (χ0v) is 17.7. The molecule has 0 saturated carbocycles. The van der Waals surface area contributed by atoms with E-state index in [9.17, 15) is 9.59 Å². The first kappa shape index (κ1) is 20.7. The van der Waals surface area contributed by atoms with Crippen molar-refractivity contribution in [2.24, 2.45) is 10.9 Å². The van der Waals surface area contributed by atoms with Crippen molar-refractivity contribution in [3.63, 3.8) is 0 Å². The van der Waals surface area contributed by atoms with Crippen LogP contribution in [0.1, 0.15) is 11.6 Å². The molecule has 2 aromatic rings.